The maximum atomic E-state index is 12.9. The first-order valence-corrected chi connectivity index (χ1v) is 8.70. The number of halogens is 1. The molecule has 3 rings (SSSR count). The smallest absolute Gasteiger partial charge is 0.291 e. The molecule has 0 spiro atoms. The molecule has 25 heavy (non-hydrogen) atoms. The van der Waals surface area contributed by atoms with Crippen LogP contribution in [-0.2, 0) is 6.42 Å². The number of rotatable bonds is 5. The van der Waals surface area contributed by atoms with Crippen molar-refractivity contribution in [1.29, 1.82) is 0 Å². The van der Waals surface area contributed by atoms with Crippen molar-refractivity contribution in [2.45, 2.75) is 33.1 Å². The summed E-state index contributed by atoms with van der Waals surface area (Å²) in [7, 11) is 0. The second kappa shape index (κ2) is 7.68. The highest BCUT2D eigenvalue weighted by Crippen LogP contribution is 2.22. The predicted molar refractivity (Wildman–Crippen MR) is 91.1 cm³/mol. The van der Waals surface area contributed by atoms with E-state index in [1.54, 1.807) is 19.1 Å². The first-order chi connectivity index (χ1) is 12.1. The number of carbonyl (C=O) groups excluding carboxylic acids is 1. The summed E-state index contributed by atoms with van der Waals surface area (Å²) in [4.78, 5) is 18.8. The van der Waals surface area contributed by atoms with E-state index in [2.05, 4.69) is 4.98 Å². The van der Waals surface area contributed by atoms with E-state index in [-0.39, 0.29) is 17.6 Å². The van der Waals surface area contributed by atoms with Crippen LogP contribution in [-0.4, -0.2) is 35.5 Å². The van der Waals surface area contributed by atoms with Gasteiger partial charge in [-0.05, 0) is 44.0 Å². The van der Waals surface area contributed by atoms with Crippen LogP contribution in [0.25, 0.3) is 0 Å². The number of nitrogens with zero attached hydrogens (tertiary/aromatic N) is 2. The van der Waals surface area contributed by atoms with E-state index >= 15 is 0 Å². The Morgan fingerprint density at radius 3 is 2.84 bits per heavy atom. The van der Waals surface area contributed by atoms with Gasteiger partial charge in [-0.2, -0.15) is 0 Å². The number of aryl methyl sites for hydroxylation is 2. The molecule has 1 atom stereocenters. The van der Waals surface area contributed by atoms with Crippen molar-refractivity contribution in [2.75, 3.05) is 19.7 Å². The number of likely N-dealkylation sites (tertiary alicyclic amines) is 1. The van der Waals surface area contributed by atoms with Gasteiger partial charge in [0.05, 0.1) is 12.3 Å². The fraction of sp³-hybridized carbons (Fsp3) is 0.474. The largest absolute Gasteiger partial charge is 0.493 e. The first kappa shape index (κ1) is 17.5. The van der Waals surface area contributed by atoms with Gasteiger partial charge in [-0.15, -0.1) is 0 Å². The molecule has 0 radical (unpaired) electrons. The molecular weight excluding hydrogens is 323 g/mol. The number of oxazole rings is 1. The maximum Gasteiger partial charge on any atom is 0.291 e. The number of amides is 1. The summed E-state index contributed by atoms with van der Waals surface area (Å²) >= 11 is 0. The molecule has 2 aromatic rings. The molecule has 1 amide bonds. The van der Waals surface area contributed by atoms with E-state index in [0.29, 0.717) is 49.2 Å². The lowest BCUT2D eigenvalue weighted by Gasteiger charge is -2.32. The number of carbonyl (C=O) groups is 1. The third-order valence-corrected chi connectivity index (χ3v) is 4.44. The topological polar surface area (TPSA) is 55.6 Å². The van der Waals surface area contributed by atoms with Crippen LogP contribution in [0.5, 0.6) is 5.75 Å². The first-order valence-electron chi connectivity index (χ1n) is 8.70. The fourth-order valence-corrected chi connectivity index (χ4v) is 3.08. The SMILES string of the molecule is CCc1nc(C)c(C(=O)N2CCC[C@@H](COc3ccc(F)cc3)C2)o1. The average Bonchev–Trinajstić information content (AvgIpc) is 3.02. The van der Waals surface area contributed by atoms with Crippen molar-refractivity contribution in [3.63, 3.8) is 0 Å². The van der Waals surface area contributed by atoms with Gasteiger partial charge >= 0.3 is 0 Å². The molecule has 0 N–H and O–H groups in total. The number of piperidine rings is 1. The quantitative estimate of drug-likeness (QED) is 0.830. The number of aromatic nitrogens is 1. The Balaban J connectivity index is 1.59. The number of hydrogen-bond acceptors (Lipinski definition) is 4. The summed E-state index contributed by atoms with van der Waals surface area (Å²) in [6.07, 6.45) is 2.60. The molecule has 0 unspecified atom stereocenters. The Hall–Kier alpha value is -2.37. The number of benzene rings is 1. The molecule has 1 aliphatic rings. The number of ether oxygens (including phenoxy) is 1. The molecule has 0 bridgehead atoms. The molecule has 1 fully saturated rings. The molecule has 134 valence electrons. The zero-order chi connectivity index (χ0) is 17.8. The normalized spacial score (nSPS) is 17.6. The van der Waals surface area contributed by atoms with Gasteiger partial charge < -0.3 is 14.1 Å². The van der Waals surface area contributed by atoms with Crippen molar-refractivity contribution in [2.24, 2.45) is 5.92 Å². The minimum Gasteiger partial charge on any atom is -0.493 e. The summed E-state index contributed by atoms with van der Waals surface area (Å²) in [6, 6.07) is 5.99. The minimum atomic E-state index is -0.282. The second-order valence-electron chi connectivity index (χ2n) is 6.40. The molecule has 5 nitrogen and oxygen atoms in total. The highest BCUT2D eigenvalue weighted by Gasteiger charge is 2.28. The molecular formula is C19H23FN2O3. The molecule has 0 aliphatic carbocycles. The second-order valence-corrected chi connectivity index (χ2v) is 6.40. The van der Waals surface area contributed by atoms with E-state index in [4.69, 9.17) is 9.15 Å². The van der Waals surface area contributed by atoms with Gasteiger partial charge in [-0.3, -0.25) is 4.79 Å². The summed E-state index contributed by atoms with van der Waals surface area (Å²) in [5.41, 5.74) is 0.645. The molecule has 1 aliphatic heterocycles. The fourth-order valence-electron chi connectivity index (χ4n) is 3.08. The van der Waals surface area contributed by atoms with Crippen molar-refractivity contribution < 1.29 is 18.3 Å². The minimum absolute atomic E-state index is 0.101. The van der Waals surface area contributed by atoms with Gasteiger partial charge in [0.1, 0.15) is 11.6 Å². The molecule has 0 saturated carbocycles. The van der Waals surface area contributed by atoms with Crippen LogP contribution < -0.4 is 4.74 Å². The van der Waals surface area contributed by atoms with Gasteiger partial charge in [0, 0.05) is 25.4 Å². The van der Waals surface area contributed by atoms with Crippen molar-refractivity contribution in [3.8, 4) is 5.75 Å². The predicted octanol–water partition coefficient (Wildman–Crippen LogP) is 3.62. The zero-order valence-corrected chi connectivity index (χ0v) is 14.6. The summed E-state index contributed by atoms with van der Waals surface area (Å²) < 4.78 is 24.3. The van der Waals surface area contributed by atoms with Crippen LogP contribution in [0.1, 0.15) is 41.9 Å². The molecule has 1 aromatic carbocycles. The lowest BCUT2D eigenvalue weighted by molar-refractivity contribution is 0.0599. The van der Waals surface area contributed by atoms with Crippen molar-refractivity contribution in [1.82, 2.24) is 9.88 Å². The van der Waals surface area contributed by atoms with Crippen molar-refractivity contribution >= 4 is 5.91 Å². The van der Waals surface area contributed by atoms with Gasteiger partial charge in [0.25, 0.3) is 5.91 Å². The Morgan fingerprint density at radius 1 is 1.40 bits per heavy atom. The summed E-state index contributed by atoms with van der Waals surface area (Å²) in [6.45, 7) is 5.60. The molecule has 2 heterocycles. The van der Waals surface area contributed by atoms with Crippen LogP contribution in [0.4, 0.5) is 4.39 Å². The monoisotopic (exact) mass is 346 g/mol. The van der Waals surface area contributed by atoms with Gasteiger partial charge in [0.2, 0.25) is 5.76 Å². The Labute approximate surface area is 146 Å². The van der Waals surface area contributed by atoms with Crippen LogP contribution in [0.2, 0.25) is 0 Å². The maximum absolute atomic E-state index is 12.9. The van der Waals surface area contributed by atoms with E-state index in [1.807, 2.05) is 11.8 Å². The molecule has 6 heteroatoms. The third kappa shape index (κ3) is 4.18. The number of hydrogen-bond donors (Lipinski definition) is 0. The van der Waals surface area contributed by atoms with Crippen molar-refractivity contribution in [3.05, 3.63) is 47.4 Å². The standard InChI is InChI=1S/C19H23FN2O3/c1-3-17-21-13(2)18(25-17)19(23)22-10-4-5-14(11-22)12-24-16-8-6-15(20)7-9-16/h6-9,14H,3-5,10-12H2,1-2H3/t14-/m1/s1. The molecule has 1 saturated heterocycles. The van der Waals surface area contributed by atoms with Crippen LogP contribution in [0.3, 0.4) is 0 Å². The van der Waals surface area contributed by atoms with E-state index in [0.717, 1.165) is 12.8 Å². The van der Waals surface area contributed by atoms with Gasteiger partial charge in [-0.1, -0.05) is 6.92 Å². The van der Waals surface area contributed by atoms with Crippen LogP contribution >= 0.6 is 0 Å². The van der Waals surface area contributed by atoms with E-state index in [1.165, 1.54) is 12.1 Å². The van der Waals surface area contributed by atoms with Crippen LogP contribution in [0, 0.1) is 18.7 Å². The van der Waals surface area contributed by atoms with Gasteiger partial charge in [0.15, 0.2) is 5.89 Å². The highest BCUT2D eigenvalue weighted by atomic mass is 19.1. The molecule has 1 aromatic heterocycles. The summed E-state index contributed by atoms with van der Waals surface area (Å²) in [5, 5.41) is 0. The van der Waals surface area contributed by atoms with E-state index in [9.17, 15) is 9.18 Å². The zero-order valence-electron chi connectivity index (χ0n) is 14.6. The summed E-state index contributed by atoms with van der Waals surface area (Å²) in [5.74, 6) is 1.44. The lowest BCUT2D eigenvalue weighted by atomic mass is 9.98. The highest BCUT2D eigenvalue weighted by molar-refractivity contribution is 5.92. The Morgan fingerprint density at radius 2 is 2.16 bits per heavy atom. The van der Waals surface area contributed by atoms with Gasteiger partial charge in [-0.25, -0.2) is 9.37 Å². The lowest BCUT2D eigenvalue weighted by Crippen LogP contribution is -2.41. The Kier molecular flexibility index (Phi) is 5.36. The average molecular weight is 346 g/mol. The Bertz CT molecular complexity index is 727. The van der Waals surface area contributed by atoms with E-state index < -0.39 is 0 Å². The third-order valence-electron chi connectivity index (χ3n) is 4.44. The van der Waals surface area contributed by atoms with Crippen LogP contribution in [0.15, 0.2) is 28.7 Å².